The molecule has 0 saturated heterocycles. The highest BCUT2D eigenvalue weighted by Crippen LogP contribution is 2.27. The summed E-state index contributed by atoms with van der Waals surface area (Å²) in [6.07, 6.45) is 1.14. The lowest BCUT2D eigenvalue weighted by atomic mass is 10.0. The highest BCUT2D eigenvalue weighted by atomic mass is 16.5. The summed E-state index contributed by atoms with van der Waals surface area (Å²) in [5.74, 6) is 0.476. The molecule has 0 aliphatic carbocycles. The predicted octanol–water partition coefficient (Wildman–Crippen LogP) is 0.600. The number of rotatable bonds is 4. The van der Waals surface area contributed by atoms with E-state index in [1.807, 2.05) is 0 Å². The SMILES string of the molecule is COc1ccc(C(=O)c2cnc(=O)[nH]c2N)c(OC)c1. The summed E-state index contributed by atoms with van der Waals surface area (Å²) >= 11 is 0. The first-order valence-corrected chi connectivity index (χ1v) is 5.68. The number of carbonyl (C=O) groups is 1. The Balaban J connectivity index is 2.50. The second-order valence-electron chi connectivity index (χ2n) is 3.91. The number of carbonyl (C=O) groups excluding carboxylic acids is 1. The maximum Gasteiger partial charge on any atom is 0.346 e. The summed E-state index contributed by atoms with van der Waals surface area (Å²) in [6.45, 7) is 0. The Labute approximate surface area is 114 Å². The molecule has 0 amide bonds. The minimum atomic E-state index is -0.610. The number of nitrogen functional groups attached to an aromatic ring is 1. The van der Waals surface area contributed by atoms with E-state index in [-0.39, 0.29) is 11.4 Å². The third kappa shape index (κ3) is 2.46. The largest absolute Gasteiger partial charge is 0.497 e. The van der Waals surface area contributed by atoms with E-state index < -0.39 is 11.5 Å². The van der Waals surface area contributed by atoms with Crippen LogP contribution in [0.25, 0.3) is 0 Å². The van der Waals surface area contributed by atoms with E-state index in [0.29, 0.717) is 17.1 Å². The summed E-state index contributed by atoms with van der Waals surface area (Å²) in [7, 11) is 2.96. The fraction of sp³-hybridized carbons (Fsp3) is 0.154. The maximum absolute atomic E-state index is 12.4. The number of ether oxygens (including phenoxy) is 2. The van der Waals surface area contributed by atoms with Gasteiger partial charge in [0, 0.05) is 12.3 Å². The van der Waals surface area contributed by atoms with Gasteiger partial charge in [-0.2, -0.15) is 0 Å². The smallest absolute Gasteiger partial charge is 0.346 e. The van der Waals surface area contributed by atoms with E-state index in [4.69, 9.17) is 15.2 Å². The fourth-order valence-electron chi connectivity index (χ4n) is 1.72. The minimum absolute atomic E-state index is 0.0344. The number of aromatic nitrogens is 2. The highest BCUT2D eigenvalue weighted by Gasteiger charge is 2.18. The molecule has 7 nitrogen and oxygen atoms in total. The molecule has 0 fully saturated rings. The first-order chi connectivity index (χ1) is 9.56. The Morgan fingerprint density at radius 1 is 1.25 bits per heavy atom. The van der Waals surface area contributed by atoms with Gasteiger partial charge in [0.15, 0.2) is 0 Å². The van der Waals surface area contributed by atoms with Crippen molar-refractivity contribution in [1.82, 2.24) is 9.97 Å². The molecule has 0 aliphatic heterocycles. The van der Waals surface area contributed by atoms with Gasteiger partial charge in [0.05, 0.1) is 25.3 Å². The van der Waals surface area contributed by atoms with E-state index in [1.54, 1.807) is 18.2 Å². The maximum atomic E-state index is 12.4. The van der Waals surface area contributed by atoms with Crippen LogP contribution in [0.5, 0.6) is 11.5 Å². The van der Waals surface area contributed by atoms with Gasteiger partial charge in [-0.3, -0.25) is 9.78 Å². The number of nitrogens with one attached hydrogen (secondary N) is 1. The van der Waals surface area contributed by atoms with Gasteiger partial charge in [0.1, 0.15) is 17.3 Å². The molecule has 3 N–H and O–H groups in total. The van der Waals surface area contributed by atoms with Crippen LogP contribution in [-0.4, -0.2) is 30.0 Å². The average Bonchev–Trinajstić information content (AvgIpc) is 2.46. The van der Waals surface area contributed by atoms with Gasteiger partial charge in [0.25, 0.3) is 0 Å². The molecular weight excluding hydrogens is 262 g/mol. The second-order valence-corrected chi connectivity index (χ2v) is 3.91. The van der Waals surface area contributed by atoms with Crippen molar-refractivity contribution in [2.45, 2.75) is 0 Å². The van der Waals surface area contributed by atoms with Crippen molar-refractivity contribution in [2.75, 3.05) is 20.0 Å². The molecule has 7 heteroatoms. The quantitative estimate of drug-likeness (QED) is 0.791. The van der Waals surface area contributed by atoms with Crippen molar-refractivity contribution in [3.63, 3.8) is 0 Å². The normalized spacial score (nSPS) is 10.1. The second kappa shape index (κ2) is 5.43. The van der Waals surface area contributed by atoms with Crippen molar-refractivity contribution in [3.05, 3.63) is 46.0 Å². The van der Waals surface area contributed by atoms with Crippen LogP contribution in [-0.2, 0) is 0 Å². The topological polar surface area (TPSA) is 107 Å². The molecule has 0 unspecified atom stereocenters. The predicted molar refractivity (Wildman–Crippen MR) is 72.2 cm³/mol. The van der Waals surface area contributed by atoms with Crippen LogP contribution < -0.4 is 20.9 Å². The van der Waals surface area contributed by atoms with Crippen LogP contribution >= 0.6 is 0 Å². The molecule has 1 aromatic carbocycles. The van der Waals surface area contributed by atoms with Crippen LogP contribution in [0.3, 0.4) is 0 Å². The number of ketones is 1. The third-order valence-corrected chi connectivity index (χ3v) is 2.74. The zero-order valence-electron chi connectivity index (χ0n) is 11.0. The molecule has 1 heterocycles. The first kappa shape index (κ1) is 13.6. The van der Waals surface area contributed by atoms with E-state index in [9.17, 15) is 9.59 Å². The number of anilines is 1. The molecule has 0 aliphatic rings. The van der Waals surface area contributed by atoms with Gasteiger partial charge in [-0.05, 0) is 12.1 Å². The monoisotopic (exact) mass is 275 g/mol. The van der Waals surface area contributed by atoms with E-state index in [1.165, 1.54) is 14.2 Å². The average molecular weight is 275 g/mol. The molecule has 104 valence electrons. The van der Waals surface area contributed by atoms with Gasteiger partial charge in [-0.1, -0.05) is 0 Å². The molecule has 1 aromatic heterocycles. The lowest BCUT2D eigenvalue weighted by Gasteiger charge is -2.10. The Kier molecular flexibility index (Phi) is 3.69. The van der Waals surface area contributed by atoms with Crippen LogP contribution in [0.1, 0.15) is 15.9 Å². The summed E-state index contributed by atoms with van der Waals surface area (Å²) in [5.41, 5.74) is 5.42. The van der Waals surface area contributed by atoms with Crippen LogP contribution in [0.4, 0.5) is 5.82 Å². The van der Waals surface area contributed by atoms with Crippen molar-refractivity contribution >= 4 is 11.6 Å². The Morgan fingerprint density at radius 2 is 2.00 bits per heavy atom. The number of benzene rings is 1. The standard InChI is InChI=1S/C13H13N3O4/c1-19-7-3-4-8(10(5-7)20-2)11(17)9-6-15-13(18)16-12(9)14/h3-6H,1-2H3,(H3,14,15,16,18). The highest BCUT2D eigenvalue weighted by molar-refractivity contribution is 6.13. The zero-order chi connectivity index (χ0) is 14.7. The van der Waals surface area contributed by atoms with Crippen LogP contribution in [0.2, 0.25) is 0 Å². The number of H-pyrrole nitrogens is 1. The van der Waals surface area contributed by atoms with Crippen LogP contribution in [0.15, 0.2) is 29.2 Å². The molecule has 0 saturated carbocycles. The van der Waals surface area contributed by atoms with E-state index >= 15 is 0 Å². The summed E-state index contributed by atoms with van der Waals surface area (Å²) < 4.78 is 10.2. The number of methoxy groups -OCH3 is 2. The van der Waals surface area contributed by atoms with E-state index in [0.717, 1.165) is 6.20 Å². The minimum Gasteiger partial charge on any atom is -0.497 e. The Bertz CT molecular complexity index is 709. The molecular formula is C13H13N3O4. The molecule has 0 bridgehead atoms. The number of hydrogen-bond donors (Lipinski definition) is 2. The molecule has 2 rings (SSSR count). The van der Waals surface area contributed by atoms with Crippen molar-refractivity contribution in [2.24, 2.45) is 0 Å². The van der Waals surface area contributed by atoms with Gasteiger partial charge in [0.2, 0.25) is 5.78 Å². The van der Waals surface area contributed by atoms with Crippen LogP contribution in [0, 0.1) is 0 Å². The Hall–Kier alpha value is -2.83. The lowest BCUT2D eigenvalue weighted by Crippen LogP contribution is -2.17. The third-order valence-electron chi connectivity index (χ3n) is 2.74. The van der Waals surface area contributed by atoms with E-state index in [2.05, 4.69) is 9.97 Å². The summed E-state index contributed by atoms with van der Waals surface area (Å²) in [5, 5.41) is 0. The zero-order valence-corrected chi connectivity index (χ0v) is 11.0. The number of nitrogens with zero attached hydrogens (tertiary/aromatic N) is 1. The first-order valence-electron chi connectivity index (χ1n) is 5.68. The van der Waals surface area contributed by atoms with Gasteiger partial charge < -0.3 is 15.2 Å². The number of aromatic amines is 1. The van der Waals surface area contributed by atoms with Crippen molar-refractivity contribution in [1.29, 1.82) is 0 Å². The fourth-order valence-corrected chi connectivity index (χ4v) is 1.72. The summed E-state index contributed by atoms with van der Waals surface area (Å²) in [4.78, 5) is 29.2. The molecule has 0 spiro atoms. The number of hydrogen-bond acceptors (Lipinski definition) is 6. The Morgan fingerprint density at radius 3 is 2.60 bits per heavy atom. The van der Waals surface area contributed by atoms with Crippen molar-refractivity contribution in [3.8, 4) is 11.5 Å². The number of nitrogens with two attached hydrogens (primary N) is 1. The molecule has 0 radical (unpaired) electrons. The summed E-state index contributed by atoms with van der Waals surface area (Å²) in [6, 6.07) is 4.78. The lowest BCUT2D eigenvalue weighted by molar-refractivity contribution is 0.103. The van der Waals surface area contributed by atoms with Gasteiger partial charge in [-0.15, -0.1) is 0 Å². The molecule has 2 aromatic rings. The molecule has 20 heavy (non-hydrogen) atoms. The van der Waals surface area contributed by atoms with Gasteiger partial charge in [-0.25, -0.2) is 9.78 Å². The van der Waals surface area contributed by atoms with Gasteiger partial charge >= 0.3 is 5.69 Å². The molecule has 0 atom stereocenters. The van der Waals surface area contributed by atoms with Crippen molar-refractivity contribution < 1.29 is 14.3 Å².